The summed E-state index contributed by atoms with van der Waals surface area (Å²) in [5.41, 5.74) is 2.63. The van der Waals surface area contributed by atoms with E-state index in [0.717, 1.165) is 38.4 Å². The molecular formula is C24H19NO3S. The van der Waals surface area contributed by atoms with E-state index in [1.54, 1.807) is 19.4 Å². The highest BCUT2D eigenvalue weighted by Crippen LogP contribution is 2.27. The van der Waals surface area contributed by atoms with Crippen LogP contribution in [0.5, 0.6) is 11.5 Å². The number of pyridine rings is 1. The number of ketones is 1. The molecule has 0 fully saturated rings. The number of para-hydroxylation sites is 1. The van der Waals surface area contributed by atoms with Gasteiger partial charge in [0.1, 0.15) is 23.6 Å². The number of methoxy groups -OCH3 is 1. The maximum absolute atomic E-state index is 12.2. The van der Waals surface area contributed by atoms with Crippen molar-refractivity contribution in [1.82, 2.24) is 4.98 Å². The Morgan fingerprint density at radius 1 is 1.07 bits per heavy atom. The number of benzene rings is 2. The molecule has 0 atom stereocenters. The SMILES string of the molecule is COc1ccc(/C=C/C(=O)c2cccs2)cc1COc1cccc2cccnc12. The first-order valence-corrected chi connectivity index (χ1v) is 10.0. The molecule has 4 aromatic rings. The van der Waals surface area contributed by atoms with Crippen molar-refractivity contribution in [2.24, 2.45) is 0 Å². The van der Waals surface area contributed by atoms with Crippen LogP contribution in [0.15, 0.2) is 78.3 Å². The lowest BCUT2D eigenvalue weighted by atomic mass is 10.1. The van der Waals surface area contributed by atoms with Gasteiger partial charge in [0.05, 0.1) is 12.0 Å². The highest BCUT2D eigenvalue weighted by atomic mass is 32.1. The van der Waals surface area contributed by atoms with Crippen LogP contribution in [0.1, 0.15) is 20.8 Å². The van der Waals surface area contributed by atoms with E-state index < -0.39 is 0 Å². The Morgan fingerprint density at radius 2 is 1.97 bits per heavy atom. The zero-order chi connectivity index (χ0) is 20.1. The number of rotatable bonds is 7. The van der Waals surface area contributed by atoms with Crippen LogP contribution < -0.4 is 9.47 Å². The smallest absolute Gasteiger partial charge is 0.195 e. The van der Waals surface area contributed by atoms with Gasteiger partial charge < -0.3 is 9.47 Å². The molecule has 4 nitrogen and oxygen atoms in total. The summed E-state index contributed by atoms with van der Waals surface area (Å²) in [7, 11) is 1.63. The van der Waals surface area contributed by atoms with Gasteiger partial charge in [-0.3, -0.25) is 9.78 Å². The van der Waals surface area contributed by atoms with Gasteiger partial charge in [-0.2, -0.15) is 0 Å². The van der Waals surface area contributed by atoms with Crippen LogP contribution in [0, 0.1) is 0 Å². The number of ether oxygens (including phenoxy) is 2. The summed E-state index contributed by atoms with van der Waals surface area (Å²) < 4.78 is 11.5. The summed E-state index contributed by atoms with van der Waals surface area (Å²) >= 11 is 1.44. The van der Waals surface area contributed by atoms with Crippen molar-refractivity contribution in [3.05, 3.63) is 94.3 Å². The molecular weight excluding hydrogens is 382 g/mol. The Bertz CT molecular complexity index is 1160. The Balaban J connectivity index is 1.55. The molecule has 0 N–H and O–H groups in total. The van der Waals surface area contributed by atoms with Crippen molar-refractivity contribution in [3.63, 3.8) is 0 Å². The van der Waals surface area contributed by atoms with Gasteiger partial charge >= 0.3 is 0 Å². The van der Waals surface area contributed by atoms with Crippen molar-refractivity contribution in [3.8, 4) is 11.5 Å². The number of nitrogens with zero attached hydrogens (tertiary/aromatic N) is 1. The highest BCUT2D eigenvalue weighted by molar-refractivity contribution is 7.12. The van der Waals surface area contributed by atoms with E-state index in [0.29, 0.717) is 6.61 Å². The lowest BCUT2D eigenvalue weighted by Gasteiger charge is -2.12. The van der Waals surface area contributed by atoms with Crippen molar-refractivity contribution in [2.75, 3.05) is 7.11 Å². The Morgan fingerprint density at radius 3 is 2.79 bits per heavy atom. The normalized spacial score (nSPS) is 11.1. The maximum Gasteiger partial charge on any atom is 0.195 e. The molecule has 0 radical (unpaired) electrons. The van der Waals surface area contributed by atoms with E-state index in [9.17, 15) is 4.79 Å². The molecule has 0 spiro atoms. The van der Waals surface area contributed by atoms with Gasteiger partial charge in [0.2, 0.25) is 0 Å². The second-order valence-electron chi connectivity index (χ2n) is 6.37. The van der Waals surface area contributed by atoms with Crippen molar-refractivity contribution in [1.29, 1.82) is 0 Å². The average Bonchev–Trinajstić information content (AvgIpc) is 3.31. The second kappa shape index (κ2) is 8.71. The maximum atomic E-state index is 12.2. The number of fused-ring (bicyclic) bond motifs is 1. The quantitative estimate of drug-likeness (QED) is 0.291. The molecule has 0 saturated carbocycles. The molecule has 2 heterocycles. The number of hydrogen-bond donors (Lipinski definition) is 0. The van der Waals surface area contributed by atoms with Crippen LogP contribution in [-0.2, 0) is 6.61 Å². The van der Waals surface area contributed by atoms with Gasteiger partial charge in [0, 0.05) is 17.1 Å². The van der Waals surface area contributed by atoms with E-state index in [4.69, 9.17) is 9.47 Å². The molecule has 4 rings (SSSR count). The summed E-state index contributed by atoms with van der Waals surface area (Å²) in [6.07, 6.45) is 5.16. The third kappa shape index (κ3) is 4.36. The fraction of sp³-hybridized carbons (Fsp3) is 0.0833. The molecule has 0 saturated heterocycles. The summed E-state index contributed by atoms with van der Waals surface area (Å²) in [5.74, 6) is 1.45. The van der Waals surface area contributed by atoms with Crippen LogP contribution in [-0.4, -0.2) is 17.9 Å². The fourth-order valence-corrected chi connectivity index (χ4v) is 3.68. The summed E-state index contributed by atoms with van der Waals surface area (Å²) in [6.45, 7) is 0.333. The minimum absolute atomic E-state index is 0.00421. The molecule has 2 aromatic carbocycles. The van der Waals surface area contributed by atoms with Crippen molar-refractivity contribution in [2.45, 2.75) is 6.61 Å². The molecule has 0 aliphatic rings. The summed E-state index contributed by atoms with van der Waals surface area (Å²) in [4.78, 5) is 17.3. The average molecular weight is 401 g/mol. The van der Waals surface area contributed by atoms with E-state index in [1.807, 2.05) is 72.1 Å². The first-order chi connectivity index (χ1) is 14.2. The molecule has 0 amide bonds. The van der Waals surface area contributed by atoms with Gasteiger partial charge in [-0.1, -0.05) is 36.4 Å². The lowest BCUT2D eigenvalue weighted by molar-refractivity contribution is 0.105. The topological polar surface area (TPSA) is 48.4 Å². The molecule has 0 aliphatic heterocycles. The molecule has 144 valence electrons. The number of carbonyl (C=O) groups is 1. The molecule has 5 heteroatoms. The van der Waals surface area contributed by atoms with Crippen LogP contribution in [0.4, 0.5) is 0 Å². The van der Waals surface area contributed by atoms with Crippen LogP contribution in [0.3, 0.4) is 0 Å². The van der Waals surface area contributed by atoms with Crippen LogP contribution >= 0.6 is 11.3 Å². The van der Waals surface area contributed by atoms with Gasteiger partial charge in [-0.25, -0.2) is 0 Å². The number of aromatic nitrogens is 1. The van der Waals surface area contributed by atoms with Gasteiger partial charge in [-0.05, 0) is 47.4 Å². The fourth-order valence-electron chi connectivity index (χ4n) is 3.04. The summed E-state index contributed by atoms with van der Waals surface area (Å²) in [6, 6.07) is 19.2. The van der Waals surface area contributed by atoms with E-state index in [2.05, 4.69) is 4.98 Å². The van der Waals surface area contributed by atoms with Crippen LogP contribution in [0.2, 0.25) is 0 Å². The Labute approximate surface area is 173 Å². The van der Waals surface area contributed by atoms with Crippen molar-refractivity contribution >= 4 is 34.1 Å². The predicted octanol–water partition coefficient (Wildman–Crippen LogP) is 5.78. The Kier molecular flexibility index (Phi) is 5.68. The third-order valence-electron chi connectivity index (χ3n) is 4.47. The molecule has 0 unspecified atom stereocenters. The highest BCUT2D eigenvalue weighted by Gasteiger charge is 2.08. The second-order valence-corrected chi connectivity index (χ2v) is 7.31. The monoisotopic (exact) mass is 401 g/mol. The van der Waals surface area contributed by atoms with Gasteiger partial charge in [-0.15, -0.1) is 11.3 Å². The standard InChI is InChI=1S/C24H19NO3S/c1-27-21-12-10-17(9-11-20(26)23-8-4-14-29-23)15-19(21)16-28-22-7-2-5-18-6-3-13-25-24(18)22/h2-15H,16H2,1H3/b11-9+. The van der Waals surface area contributed by atoms with E-state index in [1.165, 1.54) is 11.3 Å². The zero-order valence-electron chi connectivity index (χ0n) is 15.9. The first-order valence-electron chi connectivity index (χ1n) is 9.14. The van der Waals surface area contributed by atoms with E-state index in [-0.39, 0.29) is 5.78 Å². The number of allylic oxidation sites excluding steroid dienone is 1. The van der Waals surface area contributed by atoms with Gasteiger partial charge in [0.25, 0.3) is 0 Å². The molecule has 29 heavy (non-hydrogen) atoms. The van der Waals surface area contributed by atoms with E-state index >= 15 is 0 Å². The minimum Gasteiger partial charge on any atom is -0.496 e. The number of hydrogen-bond acceptors (Lipinski definition) is 5. The lowest BCUT2D eigenvalue weighted by Crippen LogP contribution is -2.00. The van der Waals surface area contributed by atoms with Crippen molar-refractivity contribution < 1.29 is 14.3 Å². The minimum atomic E-state index is -0.00421. The molecule has 0 bridgehead atoms. The Hall–Kier alpha value is -3.44. The molecule has 2 aromatic heterocycles. The molecule has 0 aliphatic carbocycles. The third-order valence-corrected chi connectivity index (χ3v) is 5.36. The van der Waals surface area contributed by atoms with Gasteiger partial charge in [0.15, 0.2) is 5.78 Å². The first kappa shape index (κ1) is 18.9. The number of carbonyl (C=O) groups excluding carboxylic acids is 1. The summed E-state index contributed by atoms with van der Waals surface area (Å²) in [5, 5.41) is 2.92. The number of thiophene rings is 1. The zero-order valence-corrected chi connectivity index (χ0v) is 16.7. The largest absolute Gasteiger partial charge is 0.496 e. The predicted molar refractivity (Wildman–Crippen MR) is 117 cm³/mol. The van der Waals surface area contributed by atoms with Crippen LogP contribution in [0.25, 0.3) is 17.0 Å².